The van der Waals surface area contributed by atoms with E-state index in [1.807, 2.05) is 0 Å². The number of nitrogens with zero attached hydrogens (tertiary/aromatic N) is 6. The number of phenols is 1. The molecule has 0 spiro atoms. The maximum Gasteiger partial charge on any atom is 0.426 e. The first kappa shape index (κ1) is 33.4. The Morgan fingerprint density at radius 2 is 1.29 bits per heavy atom. The van der Waals surface area contributed by atoms with E-state index in [1.54, 1.807) is 54.6 Å². The van der Waals surface area contributed by atoms with Crippen LogP contribution < -0.4 is 15.2 Å². The van der Waals surface area contributed by atoms with Gasteiger partial charge in [0.25, 0.3) is 20.2 Å². The van der Waals surface area contributed by atoms with Crippen LogP contribution in [0, 0.1) is 5.39 Å². The highest BCUT2D eigenvalue weighted by atomic mass is 32.2. The van der Waals surface area contributed by atoms with Crippen LogP contribution in [0.5, 0.6) is 17.2 Å². The second-order valence-electron chi connectivity index (χ2n) is 9.87. The van der Waals surface area contributed by atoms with Crippen molar-refractivity contribution in [2.24, 2.45) is 20.5 Å². The Morgan fingerprint density at radius 3 is 1.88 bits per heavy atom. The fourth-order valence-corrected chi connectivity index (χ4v) is 6.02. The number of nitrogen functional groups attached to an aromatic ring is 1. The summed E-state index contributed by atoms with van der Waals surface area (Å²) in [7, 11) is -7.36. The molecule has 0 aliphatic heterocycles. The summed E-state index contributed by atoms with van der Waals surface area (Å²) in [4.78, 5) is 1.37. The molecule has 0 atom stereocenters. The number of aromatic hydroxyl groups is 1. The minimum atomic E-state index is -5.08. The zero-order chi connectivity index (χ0) is 34.8. The van der Waals surface area contributed by atoms with Crippen LogP contribution in [-0.4, -0.2) is 45.3 Å². The van der Waals surface area contributed by atoms with E-state index in [2.05, 4.69) is 25.4 Å². The van der Waals surface area contributed by atoms with Gasteiger partial charge in [0, 0.05) is 6.07 Å². The molecule has 0 aromatic heterocycles. The summed E-state index contributed by atoms with van der Waals surface area (Å²) in [6.07, 6.45) is 0. The van der Waals surface area contributed by atoms with Crippen molar-refractivity contribution in [1.29, 1.82) is 5.39 Å². The van der Waals surface area contributed by atoms with Crippen molar-refractivity contribution in [2.45, 2.75) is 9.79 Å². The van der Waals surface area contributed by atoms with Crippen LogP contribution in [0.1, 0.15) is 0 Å². The first-order valence-electron chi connectivity index (χ1n) is 13.4. The van der Waals surface area contributed by atoms with Gasteiger partial charge in [-0.3, -0.25) is 9.11 Å². The normalized spacial score (nSPS) is 12.1. The van der Waals surface area contributed by atoms with Gasteiger partial charge in [-0.1, -0.05) is 24.3 Å². The smallest absolute Gasteiger partial charge is 0.426 e. The summed E-state index contributed by atoms with van der Waals surface area (Å²) in [5.41, 5.74) is 6.35. The van der Waals surface area contributed by atoms with E-state index >= 15 is 0 Å². The average Bonchev–Trinajstić information content (AvgIpc) is 3.06. The van der Waals surface area contributed by atoms with Crippen molar-refractivity contribution in [2.75, 3.05) is 20.0 Å². The van der Waals surface area contributed by atoms with Gasteiger partial charge in [-0.2, -0.15) is 21.9 Å². The Hall–Kier alpha value is -6.00. The van der Waals surface area contributed by atoms with Crippen LogP contribution in [-0.2, 0) is 20.2 Å². The lowest BCUT2D eigenvalue weighted by Gasteiger charge is -2.14. The van der Waals surface area contributed by atoms with Crippen molar-refractivity contribution in [1.82, 2.24) is 0 Å². The summed E-state index contributed by atoms with van der Waals surface area (Å²) in [6.45, 7) is 0. The number of phenolic OH excluding ortho intramolecular Hbond substituents is 1. The predicted molar refractivity (Wildman–Crippen MR) is 174 cm³/mol. The Labute approximate surface area is 272 Å². The van der Waals surface area contributed by atoms with Gasteiger partial charge in [0.2, 0.25) is 11.1 Å². The van der Waals surface area contributed by atoms with E-state index in [0.717, 1.165) is 12.1 Å². The van der Waals surface area contributed by atoms with Crippen LogP contribution in [0.25, 0.3) is 26.9 Å². The molecule has 16 nitrogen and oxygen atoms in total. The first-order chi connectivity index (χ1) is 22.8. The van der Waals surface area contributed by atoms with E-state index in [0.29, 0.717) is 16.9 Å². The quantitative estimate of drug-likeness (QED) is 0.0506. The molecule has 0 saturated heterocycles. The zero-order valence-electron chi connectivity index (χ0n) is 24.9. The minimum Gasteiger partial charge on any atom is -0.505 e. The fraction of sp³-hybridized carbons (Fsp3) is 0.0667. The third-order valence-electron chi connectivity index (χ3n) is 6.95. The molecule has 0 aliphatic rings. The van der Waals surface area contributed by atoms with Crippen molar-refractivity contribution in [3.05, 3.63) is 83.8 Å². The average molecular weight is 691 g/mol. The van der Waals surface area contributed by atoms with E-state index in [4.69, 9.17) is 20.6 Å². The summed E-state index contributed by atoms with van der Waals surface area (Å²) < 4.78 is 80.1. The molecule has 0 heterocycles. The number of azo groups is 2. The molecule has 0 saturated carbocycles. The molecule has 0 unspecified atom stereocenters. The number of methoxy groups -OCH3 is 2. The SMILES string of the molecule is COc1cc(-c2ccc([N+]#N)c(OC)c2)ccc1N=Nc1c(S(=O)(=O)O)cc2cc(S(=O)(=O)O)c(N=Nc3ccccc3)c(O)c2c1N. The molecule has 18 heteroatoms. The van der Waals surface area contributed by atoms with Crippen molar-refractivity contribution in [3.8, 4) is 28.4 Å². The third kappa shape index (κ3) is 6.60. The first-order valence-corrected chi connectivity index (χ1v) is 16.3. The molecule has 0 amide bonds. The van der Waals surface area contributed by atoms with Gasteiger partial charge in [-0.15, -0.1) is 15.3 Å². The Morgan fingerprint density at radius 1 is 0.729 bits per heavy atom. The highest BCUT2D eigenvalue weighted by molar-refractivity contribution is 7.86. The third-order valence-corrected chi connectivity index (χ3v) is 8.68. The molecule has 5 aromatic rings. The lowest BCUT2D eigenvalue weighted by Crippen LogP contribution is -2.03. The fourth-order valence-electron chi connectivity index (χ4n) is 4.69. The number of nitrogens with two attached hydrogens (primary N) is 1. The molecule has 0 radical (unpaired) electrons. The number of anilines is 1. The molecule has 0 fully saturated rings. The standard InChI is InChI=1S/C30H23N7O9S2/c1-45-22-12-16(8-10-20(22)33-32)17-9-11-21(23(13-17)46-2)35-36-28-24(47(39,40)41)14-18-15-25(48(42,43)44)29(30(38)26(18)27(28)31)37-34-19-6-4-3-5-7-19/h3-15H,1-2H3,(H4-,31,34,35,38,39,40,41,42,43,44)/p+1. The molecule has 5 aromatic carbocycles. The Kier molecular flexibility index (Phi) is 9.05. The number of benzene rings is 5. The molecular formula is C30H24N7O9S2+. The van der Waals surface area contributed by atoms with Gasteiger partial charge < -0.3 is 20.3 Å². The van der Waals surface area contributed by atoms with E-state index in [9.17, 15) is 31.0 Å². The molecule has 0 aliphatic carbocycles. The highest BCUT2D eigenvalue weighted by Gasteiger charge is 2.28. The lowest BCUT2D eigenvalue weighted by atomic mass is 10.0. The van der Waals surface area contributed by atoms with Gasteiger partial charge in [-0.25, -0.2) is 0 Å². The summed E-state index contributed by atoms with van der Waals surface area (Å²) in [5.74, 6) is -0.393. The number of diazo groups is 1. The van der Waals surface area contributed by atoms with Crippen LogP contribution in [0.15, 0.2) is 109 Å². The Bertz CT molecular complexity index is 2410. The molecular weight excluding hydrogens is 667 g/mol. The number of rotatable bonds is 9. The number of hydrogen-bond acceptors (Lipinski definition) is 13. The van der Waals surface area contributed by atoms with Gasteiger partial charge in [0.05, 0.1) is 31.0 Å². The van der Waals surface area contributed by atoms with Crippen LogP contribution in [0.3, 0.4) is 0 Å². The van der Waals surface area contributed by atoms with Crippen molar-refractivity contribution < 1.29 is 40.5 Å². The van der Waals surface area contributed by atoms with Gasteiger partial charge >= 0.3 is 5.69 Å². The van der Waals surface area contributed by atoms with Crippen molar-refractivity contribution in [3.63, 3.8) is 0 Å². The zero-order valence-corrected chi connectivity index (χ0v) is 26.5. The Balaban J connectivity index is 1.68. The van der Waals surface area contributed by atoms with E-state index < -0.39 is 52.8 Å². The number of fused-ring (bicyclic) bond motifs is 1. The summed E-state index contributed by atoms with van der Waals surface area (Å²) >= 11 is 0. The van der Waals surface area contributed by atoms with E-state index in [1.165, 1.54) is 26.4 Å². The lowest BCUT2D eigenvalue weighted by molar-refractivity contribution is 0.415. The molecule has 244 valence electrons. The number of hydrogen-bond donors (Lipinski definition) is 4. The minimum absolute atomic E-state index is 0.0965. The maximum absolute atomic E-state index is 12.5. The van der Waals surface area contributed by atoms with E-state index in [-0.39, 0.29) is 33.6 Å². The largest absolute Gasteiger partial charge is 0.505 e. The summed E-state index contributed by atoms with van der Waals surface area (Å²) in [5, 5.41) is 35.5. The van der Waals surface area contributed by atoms with Gasteiger partial charge in [-0.05, 0) is 65.0 Å². The predicted octanol–water partition coefficient (Wildman–Crippen LogP) is 7.62. The van der Waals surface area contributed by atoms with Crippen LogP contribution >= 0.6 is 0 Å². The molecule has 5 N–H and O–H groups in total. The molecule has 0 bridgehead atoms. The molecule has 48 heavy (non-hydrogen) atoms. The second-order valence-corrected chi connectivity index (χ2v) is 12.6. The van der Waals surface area contributed by atoms with Gasteiger partial charge in [0.1, 0.15) is 32.6 Å². The number of ether oxygens (including phenoxy) is 2. The summed E-state index contributed by atoms with van der Waals surface area (Å²) in [6, 6.07) is 19.3. The molecule has 5 rings (SSSR count). The maximum atomic E-state index is 12.5. The highest BCUT2D eigenvalue weighted by Crippen LogP contribution is 2.48. The van der Waals surface area contributed by atoms with Crippen LogP contribution in [0.2, 0.25) is 0 Å². The van der Waals surface area contributed by atoms with Gasteiger partial charge in [0.15, 0.2) is 10.7 Å². The topological polar surface area (TPSA) is 251 Å². The monoisotopic (exact) mass is 690 g/mol. The second kappa shape index (κ2) is 13.0. The van der Waals surface area contributed by atoms with Crippen LogP contribution in [0.4, 0.5) is 34.1 Å². The van der Waals surface area contributed by atoms with Crippen molar-refractivity contribution >= 4 is 65.1 Å².